The number of hydrogen-bond donors (Lipinski definition) is 1. The monoisotopic (exact) mass is 367 g/mol. The fourth-order valence-electron chi connectivity index (χ4n) is 2.79. The molecular weight excluding hydrogens is 341 g/mol. The van der Waals surface area contributed by atoms with Crippen LogP contribution in [0.1, 0.15) is 19.8 Å². The lowest BCUT2D eigenvalue weighted by Crippen LogP contribution is -2.46. The van der Waals surface area contributed by atoms with Crippen molar-refractivity contribution in [1.82, 2.24) is 10.2 Å². The molecule has 1 saturated heterocycles. The van der Waals surface area contributed by atoms with Crippen LogP contribution in [0.15, 0.2) is 34.2 Å². The normalized spacial score (nSPS) is 16.0. The van der Waals surface area contributed by atoms with Gasteiger partial charge in [0, 0.05) is 30.3 Å². The number of aliphatic imine (C=N–C) groups is 1. The van der Waals surface area contributed by atoms with Gasteiger partial charge in [0.05, 0.1) is 19.6 Å². The maximum absolute atomic E-state index is 13.6. The first-order chi connectivity index (χ1) is 12.2. The zero-order chi connectivity index (χ0) is 18.1. The van der Waals surface area contributed by atoms with Crippen molar-refractivity contribution in [3.8, 4) is 0 Å². The van der Waals surface area contributed by atoms with Crippen molar-refractivity contribution >= 4 is 23.7 Å². The lowest BCUT2D eigenvalue weighted by atomic mass is 9.97. The Balaban J connectivity index is 1.84. The molecule has 7 heteroatoms. The van der Waals surface area contributed by atoms with Crippen LogP contribution in [-0.2, 0) is 9.53 Å². The topological polar surface area (TPSA) is 53.9 Å². The quantitative estimate of drug-likeness (QED) is 0.275. The maximum atomic E-state index is 13.6. The SMILES string of the molecule is CCNC(=NCCSc1ccccc1F)N1CCC(C(=O)OC)CC1. The molecule has 0 spiro atoms. The number of carbonyl (C=O) groups excluding carboxylic acids is 1. The second-order valence-electron chi connectivity index (χ2n) is 5.80. The summed E-state index contributed by atoms with van der Waals surface area (Å²) < 4.78 is 18.4. The Hall–Kier alpha value is -1.76. The number of guanidine groups is 1. The molecule has 1 aliphatic rings. The van der Waals surface area contributed by atoms with E-state index in [-0.39, 0.29) is 17.7 Å². The number of benzene rings is 1. The van der Waals surface area contributed by atoms with Gasteiger partial charge in [-0.15, -0.1) is 11.8 Å². The van der Waals surface area contributed by atoms with Gasteiger partial charge in [0.2, 0.25) is 0 Å². The largest absolute Gasteiger partial charge is 0.469 e. The predicted molar refractivity (Wildman–Crippen MR) is 99.4 cm³/mol. The van der Waals surface area contributed by atoms with Gasteiger partial charge in [-0.25, -0.2) is 4.39 Å². The number of thioether (sulfide) groups is 1. The van der Waals surface area contributed by atoms with Gasteiger partial charge in [0.25, 0.3) is 0 Å². The van der Waals surface area contributed by atoms with E-state index in [0.29, 0.717) is 17.2 Å². The van der Waals surface area contributed by atoms with E-state index in [1.54, 1.807) is 12.1 Å². The lowest BCUT2D eigenvalue weighted by Gasteiger charge is -2.33. The zero-order valence-corrected chi connectivity index (χ0v) is 15.7. The minimum absolute atomic E-state index is 0.0132. The summed E-state index contributed by atoms with van der Waals surface area (Å²) in [6.07, 6.45) is 1.56. The first-order valence-electron chi connectivity index (χ1n) is 8.64. The third kappa shape index (κ3) is 5.92. The number of halogens is 1. The Kier molecular flexibility index (Phi) is 8.04. The van der Waals surface area contributed by atoms with E-state index in [2.05, 4.69) is 15.2 Å². The number of rotatable bonds is 6. The van der Waals surface area contributed by atoms with Crippen molar-refractivity contribution in [3.05, 3.63) is 30.1 Å². The summed E-state index contributed by atoms with van der Waals surface area (Å²) in [5.41, 5.74) is 0. The summed E-state index contributed by atoms with van der Waals surface area (Å²) in [5, 5.41) is 3.30. The Morgan fingerprint density at radius 2 is 2.12 bits per heavy atom. The second-order valence-corrected chi connectivity index (χ2v) is 6.94. The molecule has 0 atom stereocenters. The number of nitrogens with one attached hydrogen (secondary N) is 1. The maximum Gasteiger partial charge on any atom is 0.308 e. The highest BCUT2D eigenvalue weighted by Gasteiger charge is 2.26. The van der Waals surface area contributed by atoms with E-state index in [4.69, 9.17) is 4.74 Å². The van der Waals surface area contributed by atoms with Crippen LogP contribution < -0.4 is 5.32 Å². The van der Waals surface area contributed by atoms with E-state index in [1.807, 2.05) is 13.0 Å². The van der Waals surface area contributed by atoms with Crippen molar-refractivity contribution < 1.29 is 13.9 Å². The molecule has 0 aliphatic carbocycles. The number of piperidine rings is 1. The summed E-state index contributed by atoms with van der Waals surface area (Å²) in [6, 6.07) is 6.79. The van der Waals surface area contributed by atoms with E-state index < -0.39 is 0 Å². The molecule has 138 valence electrons. The van der Waals surface area contributed by atoms with Gasteiger partial charge < -0.3 is 15.0 Å². The fraction of sp³-hybridized carbons (Fsp3) is 0.556. The average molecular weight is 367 g/mol. The van der Waals surface area contributed by atoms with Crippen molar-refractivity contribution in [2.45, 2.75) is 24.7 Å². The number of likely N-dealkylation sites (tertiary alicyclic amines) is 1. The van der Waals surface area contributed by atoms with Gasteiger partial charge in [-0.1, -0.05) is 12.1 Å². The summed E-state index contributed by atoms with van der Waals surface area (Å²) in [5.74, 6) is 1.26. The Bertz CT molecular complexity index is 589. The molecule has 1 heterocycles. The molecule has 0 saturated carbocycles. The van der Waals surface area contributed by atoms with Crippen LogP contribution in [0.2, 0.25) is 0 Å². The molecule has 1 aromatic carbocycles. The summed E-state index contributed by atoms with van der Waals surface area (Å²) in [7, 11) is 1.44. The van der Waals surface area contributed by atoms with Crippen LogP contribution in [0.5, 0.6) is 0 Å². The minimum atomic E-state index is -0.187. The van der Waals surface area contributed by atoms with Gasteiger partial charge in [0.15, 0.2) is 5.96 Å². The van der Waals surface area contributed by atoms with Crippen LogP contribution in [0.25, 0.3) is 0 Å². The Labute approximate surface area is 153 Å². The zero-order valence-electron chi connectivity index (χ0n) is 14.8. The number of esters is 1. The molecular formula is C18H26FN3O2S. The Morgan fingerprint density at radius 1 is 1.40 bits per heavy atom. The van der Waals surface area contributed by atoms with Crippen LogP contribution in [0.3, 0.4) is 0 Å². The van der Waals surface area contributed by atoms with E-state index >= 15 is 0 Å². The van der Waals surface area contributed by atoms with Crippen molar-refractivity contribution in [2.75, 3.05) is 39.0 Å². The molecule has 0 radical (unpaired) electrons. The standard InChI is InChI=1S/C18H26FN3O2S/c1-3-20-18(22-11-8-14(9-12-22)17(23)24-2)21-10-13-25-16-7-5-4-6-15(16)19/h4-7,14H,3,8-13H2,1-2H3,(H,20,21). The molecule has 1 aliphatic heterocycles. The number of hydrogen-bond acceptors (Lipinski definition) is 4. The summed E-state index contributed by atoms with van der Waals surface area (Å²) >= 11 is 1.47. The molecule has 25 heavy (non-hydrogen) atoms. The number of methoxy groups -OCH3 is 1. The average Bonchev–Trinajstić information content (AvgIpc) is 2.65. The van der Waals surface area contributed by atoms with Crippen molar-refractivity contribution in [1.29, 1.82) is 0 Å². The number of nitrogens with zero attached hydrogens (tertiary/aromatic N) is 2. The van der Waals surface area contributed by atoms with Gasteiger partial charge in [0.1, 0.15) is 5.82 Å². The first-order valence-corrected chi connectivity index (χ1v) is 9.62. The second kappa shape index (κ2) is 10.3. The van der Waals surface area contributed by atoms with Crippen LogP contribution in [-0.4, -0.2) is 55.9 Å². The third-order valence-electron chi connectivity index (χ3n) is 4.11. The first kappa shape index (κ1) is 19.6. The number of ether oxygens (including phenoxy) is 1. The molecule has 0 amide bonds. The smallest absolute Gasteiger partial charge is 0.308 e. The van der Waals surface area contributed by atoms with Gasteiger partial charge in [-0.2, -0.15) is 0 Å². The van der Waals surface area contributed by atoms with E-state index in [0.717, 1.165) is 38.4 Å². The highest BCUT2D eigenvalue weighted by Crippen LogP contribution is 2.21. The van der Waals surface area contributed by atoms with Gasteiger partial charge in [-0.3, -0.25) is 9.79 Å². The summed E-state index contributed by atoms with van der Waals surface area (Å²) in [4.78, 5) is 19.1. The molecule has 0 unspecified atom stereocenters. The highest BCUT2D eigenvalue weighted by atomic mass is 32.2. The molecule has 2 rings (SSSR count). The molecule has 5 nitrogen and oxygen atoms in total. The predicted octanol–water partition coefficient (Wildman–Crippen LogP) is 2.77. The Morgan fingerprint density at radius 3 is 2.76 bits per heavy atom. The number of carbonyl (C=O) groups is 1. The van der Waals surface area contributed by atoms with E-state index in [9.17, 15) is 9.18 Å². The minimum Gasteiger partial charge on any atom is -0.469 e. The van der Waals surface area contributed by atoms with E-state index in [1.165, 1.54) is 24.9 Å². The highest BCUT2D eigenvalue weighted by molar-refractivity contribution is 7.99. The summed E-state index contributed by atoms with van der Waals surface area (Å²) in [6.45, 7) is 5.00. The third-order valence-corrected chi connectivity index (χ3v) is 5.14. The van der Waals surface area contributed by atoms with Crippen LogP contribution in [0.4, 0.5) is 4.39 Å². The van der Waals surface area contributed by atoms with Gasteiger partial charge in [-0.05, 0) is 31.9 Å². The molecule has 0 bridgehead atoms. The lowest BCUT2D eigenvalue weighted by molar-refractivity contribution is -0.146. The van der Waals surface area contributed by atoms with Gasteiger partial charge >= 0.3 is 5.97 Å². The van der Waals surface area contributed by atoms with Crippen molar-refractivity contribution in [2.24, 2.45) is 10.9 Å². The molecule has 1 aromatic rings. The fourth-order valence-corrected chi connectivity index (χ4v) is 3.57. The molecule has 0 aromatic heterocycles. The van der Waals surface area contributed by atoms with Crippen LogP contribution in [0, 0.1) is 11.7 Å². The molecule has 1 N–H and O–H groups in total. The van der Waals surface area contributed by atoms with Crippen LogP contribution >= 0.6 is 11.8 Å². The van der Waals surface area contributed by atoms with Crippen molar-refractivity contribution in [3.63, 3.8) is 0 Å². The molecule has 1 fully saturated rings.